The Kier molecular flexibility index (Phi) is 14.4. The molecule has 0 heterocycles. The van der Waals surface area contributed by atoms with Crippen LogP contribution in [0.1, 0.15) is 23.1 Å². The highest BCUT2D eigenvalue weighted by atomic mass is 19.4. The van der Waals surface area contributed by atoms with Crippen LogP contribution in [-0.2, 0) is 38.6 Å². The van der Waals surface area contributed by atoms with Gasteiger partial charge in [-0.15, -0.1) is 0 Å². The molecule has 280 valence electrons. The summed E-state index contributed by atoms with van der Waals surface area (Å²) in [4.78, 5) is 51.1. The third kappa shape index (κ3) is 13.1. The number of halogens is 3. The van der Waals surface area contributed by atoms with Crippen molar-refractivity contribution in [2.75, 3.05) is 14.2 Å². The largest absolute Gasteiger partial charge is 0.493 e. The number of alkyl halides is 3. The first kappa shape index (κ1) is 39.5. The number of methoxy groups -OCH3 is 2. The number of para-hydroxylation sites is 1. The molecule has 5 N–H and O–H groups in total. The highest BCUT2D eigenvalue weighted by Crippen LogP contribution is 2.28. The van der Waals surface area contributed by atoms with Gasteiger partial charge in [0.1, 0.15) is 30.2 Å². The molecule has 2 atom stereocenters. The number of benzene rings is 4. The Morgan fingerprint density at radius 3 is 2.02 bits per heavy atom. The van der Waals surface area contributed by atoms with Crippen LogP contribution in [0.4, 0.5) is 18.0 Å². The Morgan fingerprint density at radius 1 is 0.679 bits per heavy atom. The number of hydrogen-bond acceptors (Lipinski definition) is 9. The number of ether oxygens (including phenoxy) is 4. The van der Waals surface area contributed by atoms with E-state index in [0.717, 1.165) is 0 Å². The van der Waals surface area contributed by atoms with Crippen molar-refractivity contribution in [3.05, 3.63) is 120 Å². The van der Waals surface area contributed by atoms with E-state index < -0.39 is 48.5 Å². The zero-order chi connectivity index (χ0) is 38.2. The van der Waals surface area contributed by atoms with Crippen LogP contribution < -0.4 is 41.2 Å². The van der Waals surface area contributed by atoms with Gasteiger partial charge in [-0.2, -0.15) is 13.2 Å². The Bertz CT molecular complexity index is 1830. The maximum atomic E-state index is 13.7. The SMILES string of the molecule is COc1ccc(C[C@H](NC(=O)Cc2cccc(Oc3ccccc3)c2)C(=O)NNC(=O)CC(NNC(=O)OCc2ccccc2)C(F)(F)F)cc1OC. The maximum absolute atomic E-state index is 13.7. The molecule has 13 nitrogen and oxygen atoms in total. The lowest BCUT2D eigenvalue weighted by atomic mass is 10.0. The number of nitrogens with one attached hydrogen (secondary N) is 5. The molecule has 0 saturated carbocycles. The lowest BCUT2D eigenvalue weighted by Crippen LogP contribution is -2.56. The summed E-state index contributed by atoms with van der Waals surface area (Å²) in [5.74, 6) is -0.908. The summed E-state index contributed by atoms with van der Waals surface area (Å²) in [5, 5.41) is 2.63. The molecular formula is C37H38F3N5O8. The molecule has 0 fully saturated rings. The van der Waals surface area contributed by atoms with E-state index in [-0.39, 0.29) is 19.4 Å². The van der Waals surface area contributed by atoms with Crippen molar-refractivity contribution in [2.45, 2.75) is 44.1 Å². The van der Waals surface area contributed by atoms with Gasteiger partial charge in [0.25, 0.3) is 5.91 Å². The standard InChI is InChI=1S/C37H38F3N5O8/c1-50-30-17-16-26(20-31(30)51-2)19-29(41-33(46)21-25-12-9-15-28(18-25)53-27-13-7-4-8-14-27)35(48)44-43-34(47)22-32(37(38,39)40)42-45-36(49)52-23-24-10-5-3-6-11-24/h3-18,20,29,32,42H,19,21-23H2,1-2H3,(H,41,46)(H,43,47)(H,44,48)(H,45,49)/t29-,32?/m0/s1. The van der Waals surface area contributed by atoms with Gasteiger partial charge in [0.05, 0.1) is 27.1 Å². The van der Waals surface area contributed by atoms with Crippen LogP contribution in [-0.4, -0.2) is 56.3 Å². The number of hydrazine groups is 2. The van der Waals surface area contributed by atoms with Gasteiger partial charge >= 0.3 is 12.3 Å². The highest BCUT2D eigenvalue weighted by Gasteiger charge is 2.41. The van der Waals surface area contributed by atoms with E-state index in [2.05, 4.69) is 10.7 Å². The summed E-state index contributed by atoms with van der Waals surface area (Å²) in [5.41, 5.74) is 9.25. The van der Waals surface area contributed by atoms with Crippen LogP contribution in [0.25, 0.3) is 0 Å². The van der Waals surface area contributed by atoms with Gasteiger partial charge in [-0.3, -0.25) is 30.7 Å². The topological polar surface area (TPSA) is 165 Å². The van der Waals surface area contributed by atoms with E-state index in [1.54, 1.807) is 95.8 Å². The van der Waals surface area contributed by atoms with Gasteiger partial charge in [0.2, 0.25) is 11.8 Å². The zero-order valence-corrected chi connectivity index (χ0v) is 28.7. The fourth-order valence-corrected chi connectivity index (χ4v) is 4.84. The molecule has 1 unspecified atom stereocenters. The predicted octanol–water partition coefficient (Wildman–Crippen LogP) is 4.67. The minimum Gasteiger partial charge on any atom is -0.493 e. The second-order valence-electron chi connectivity index (χ2n) is 11.4. The van der Waals surface area contributed by atoms with Crippen LogP contribution in [0.5, 0.6) is 23.0 Å². The zero-order valence-electron chi connectivity index (χ0n) is 28.7. The van der Waals surface area contributed by atoms with E-state index in [0.29, 0.717) is 39.7 Å². The minimum atomic E-state index is -4.98. The van der Waals surface area contributed by atoms with Crippen LogP contribution in [0, 0.1) is 0 Å². The number of carbonyl (C=O) groups excluding carboxylic acids is 4. The van der Waals surface area contributed by atoms with E-state index in [4.69, 9.17) is 18.9 Å². The summed E-state index contributed by atoms with van der Waals surface area (Å²) < 4.78 is 62.5. The van der Waals surface area contributed by atoms with Gasteiger partial charge in [0, 0.05) is 6.42 Å². The molecule has 0 aliphatic heterocycles. The number of carbonyl (C=O) groups is 4. The molecule has 4 amide bonds. The highest BCUT2D eigenvalue weighted by molar-refractivity contribution is 5.90. The Hall–Kier alpha value is -6.29. The van der Waals surface area contributed by atoms with Crippen molar-refractivity contribution in [3.63, 3.8) is 0 Å². The van der Waals surface area contributed by atoms with Crippen molar-refractivity contribution >= 4 is 23.8 Å². The lowest BCUT2D eigenvalue weighted by molar-refractivity contribution is -0.164. The second kappa shape index (κ2) is 19.4. The summed E-state index contributed by atoms with van der Waals surface area (Å²) >= 11 is 0. The van der Waals surface area contributed by atoms with Gasteiger partial charge in [-0.1, -0.05) is 66.7 Å². The van der Waals surface area contributed by atoms with Gasteiger partial charge in [0.15, 0.2) is 11.5 Å². The van der Waals surface area contributed by atoms with Crippen molar-refractivity contribution in [1.82, 2.24) is 27.0 Å². The third-order valence-corrected chi connectivity index (χ3v) is 7.45. The molecule has 16 heteroatoms. The summed E-state index contributed by atoms with van der Waals surface area (Å²) in [6.07, 6.45) is -7.69. The first-order valence-corrected chi connectivity index (χ1v) is 16.1. The number of hydrogen-bond donors (Lipinski definition) is 5. The average molecular weight is 738 g/mol. The van der Waals surface area contributed by atoms with Crippen molar-refractivity contribution in [2.24, 2.45) is 0 Å². The third-order valence-electron chi connectivity index (χ3n) is 7.45. The minimum absolute atomic E-state index is 0.104. The van der Waals surface area contributed by atoms with Crippen molar-refractivity contribution in [1.29, 1.82) is 0 Å². The van der Waals surface area contributed by atoms with Crippen LogP contribution in [0.2, 0.25) is 0 Å². The van der Waals surface area contributed by atoms with Gasteiger partial charge in [-0.25, -0.2) is 10.2 Å². The summed E-state index contributed by atoms with van der Waals surface area (Å²) in [6, 6.07) is 25.2. The molecule has 0 aliphatic rings. The fraction of sp³-hybridized carbons (Fsp3) is 0.243. The normalized spacial score (nSPS) is 12.0. The number of amides is 4. The lowest BCUT2D eigenvalue weighted by Gasteiger charge is -2.22. The van der Waals surface area contributed by atoms with Crippen molar-refractivity contribution in [3.8, 4) is 23.0 Å². The monoisotopic (exact) mass is 737 g/mol. The average Bonchev–Trinajstić information content (AvgIpc) is 3.14. The van der Waals surface area contributed by atoms with Gasteiger partial charge in [-0.05, 0) is 53.1 Å². The molecule has 4 rings (SSSR count). The number of rotatable bonds is 16. The fourth-order valence-electron chi connectivity index (χ4n) is 4.84. The molecule has 4 aromatic carbocycles. The molecule has 0 radical (unpaired) electrons. The molecule has 0 aromatic heterocycles. The Morgan fingerprint density at radius 2 is 1.34 bits per heavy atom. The summed E-state index contributed by atoms with van der Waals surface area (Å²) in [7, 11) is 2.87. The molecule has 0 aliphatic carbocycles. The summed E-state index contributed by atoms with van der Waals surface area (Å²) in [6.45, 7) is -0.201. The first-order valence-electron chi connectivity index (χ1n) is 16.1. The Balaban J connectivity index is 1.38. The molecule has 53 heavy (non-hydrogen) atoms. The predicted molar refractivity (Wildman–Crippen MR) is 185 cm³/mol. The Labute approximate surface area is 303 Å². The van der Waals surface area contributed by atoms with E-state index in [9.17, 15) is 32.3 Å². The van der Waals surface area contributed by atoms with E-state index >= 15 is 0 Å². The quantitative estimate of drug-likeness (QED) is 0.103. The smallest absolute Gasteiger partial charge is 0.421 e. The second-order valence-corrected chi connectivity index (χ2v) is 11.4. The van der Waals surface area contributed by atoms with Crippen molar-refractivity contribution < 1.29 is 51.3 Å². The van der Waals surface area contributed by atoms with Crippen LogP contribution in [0.3, 0.4) is 0 Å². The van der Waals surface area contributed by atoms with E-state index in [1.165, 1.54) is 14.2 Å². The molecule has 0 bridgehead atoms. The van der Waals surface area contributed by atoms with Crippen LogP contribution >= 0.6 is 0 Å². The molecule has 4 aromatic rings. The molecule has 0 saturated heterocycles. The molecule has 0 spiro atoms. The molecular weight excluding hydrogens is 699 g/mol. The van der Waals surface area contributed by atoms with E-state index in [1.807, 2.05) is 23.6 Å². The first-order chi connectivity index (χ1) is 25.4. The maximum Gasteiger partial charge on any atom is 0.421 e. The van der Waals surface area contributed by atoms with Crippen LogP contribution in [0.15, 0.2) is 103 Å². The van der Waals surface area contributed by atoms with Gasteiger partial charge < -0.3 is 24.3 Å².